The molecule has 0 N–H and O–H groups in total. The summed E-state index contributed by atoms with van der Waals surface area (Å²) in [6.45, 7) is 2.44. The van der Waals surface area contributed by atoms with Crippen LogP contribution in [0.2, 0.25) is 5.02 Å². The molecule has 1 amide bonds. The Morgan fingerprint density at radius 1 is 1.30 bits per heavy atom. The van der Waals surface area contributed by atoms with Gasteiger partial charge in [0.1, 0.15) is 6.54 Å². The van der Waals surface area contributed by atoms with Gasteiger partial charge >= 0.3 is 0 Å². The van der Waals surface area contributed by atoms with Gasteiger partial charge in [0.25, 0.3) is 0 Å². The molecule has 2 aliphatic rings. The van der Waals surface area contributed by atoms with Gasteiger partial charge in [0.2, 0.25) is 5.91 Å². The number of amides is 1. The number of ether oxygens (including phenoxy) is 1. The molecule has 23 heavy (non-hydrogen) atoms. The minimum absolute atomic E-state index is 0.0340. The SMILES string of the molecule is O=C(Cn1cc(Cl)cn1)N1CC2(CCOCC2)c2ccccc21. The summed E-state index contributed by atoms with van der Waals surface area (Å²) in [6.07, 6.45) is 5.14. The lowest BCUT2D eigenvalue weighted by molar-refractivity contribution is -0.119. The highest BCUT2D eigenvalue weighted by molar-refractivity contribution is 6.30. The summed E-state index contributed by atoms with van der Waals surface area (Å²) in [5.41, 5.74) is 2.33. The third kappa shape index (κ3) is 2.54. The molecule has 2 aromatic rings. The predicted molar refractivity (Wildman–Crippen MR) is 87.8 cm³/mol. The molecule has 1 saturated heterocycles. The lowest BCUT2D eigenvalue weighted by atomic mass is 9.76. The highest BCUT2D eigenvalue weighted by Gasteiger charge is 2.45. The van der Waals surface area contributed by atoms with Gasteiger partial charge < -0.3 is 9.64 Å². The number of hydrogen-bond donors (Lipinski definition) is 0. The molecule has 3 heterocycles. The van der Waals surface area contributed by atoms with E-state index in [9.17, 15) is 4.79 Å². The number of rotatable bonds is 2. The number of benzene rings is 1. The Kier molecular flexibility index (Phi) is 3.62. The van der Waals surface area contributed by atoms with E-state index < -0.39 is 0 Å². The molecule has 1 spiro atoms. The molecule has 0 bridgehead atoms. The van der Waals surface area contributed by atoms with Gasteiger partial charge in [-0.15, -0.1) is 0 Å². The van der Waals surface area contributed by atoms with E-state index in [2.05, 4.69) is 17.2 Å². The van der Waals surface area contributed by atoms with Crippen LogP contribution in [0, 0.1) is 0 Å². The Bertz CT molecular complexity index is 737. The topological polar surface area (TPSA) is 47.4 Å². The number of anilines is 1. The number of carbonyl (C=O) groups is 1. The molecule has 0 unspecified atom stereocenters. The maximum atomic E-state index is 12.8. The van der Waals surface area contributed by atoms with Crippen LogP contribution >= 0.6 is 11.6 Å². The first-order chi connectivity index (χ1) is 11.2. The molecule has 120 valence electrons. The summed E-state index contributed by atoms with van der Waals surface area (Å²) in [5, 5.41) is 4.65. The first kappa shape index (κ1) is 14.7. The fourth-order valence-corrected chi connectivity index (χ4v) is 3.85. The van der Waals surface area contributed by atoms with Crippen molar-refractivity contribution in [3.05, 3.63) is 47.2 Å². The van der Waals surface area contributed by atoms with Crippen LogP contribution in [0.1, 0.15) is 18.4 Å². The minimum Gasteiger partial charge on any atom is -0.381 e. The van der Waals surface area contributed by atoms with Crippen molar-refractivity contribution in [3.63, 3.8) is 0 Å². The quantitative estimate of drug-likeness (QED) is 0.850. The molecular formula is C17H18ClN3O2. The number of para-hydroxylation sites is 1. The second-order valence-electron chi connectivity index (χ2n) is 6.25. The Morgan fingerprint density at radius 3 is 2.83 bits per heavy atom. The molecule has 1 fully saturated rings. The van der Waals surface area contributed by atoms with Gasteiger partial charge in [-0.05, 0) is 24.5 Å². The van der Waals surface area contributed by atoms with E-state index in [1.165, 1.54) is 5.56 Å². The van der Waals surface area contributed by atoms with Crippen LogP contribution in [0.25, 0.3) is 0 Å². The number of fused-ring (bicyclic) bond motifs is 2. The van der Waals surface area contributed by atoms with E-state index in [4.69, 9.17) is 16.3 Å². The van der Waals surface area contributed by atoms with Crippen molar-refractivity contribution in [1.29, 1.82) is 0 Å². The monoisotopic (exact) mass is 331 g/mol. The molecule has 0 radical (unpaired) electrons. The summed E-state index contributed by atoms with van der Waals surface area (Å²) in [7, 11) is 0. The first-order valence-electron chi connectivity index (χ1n) is 7.84. The molecule has 4 rings (SSSR count). The van der Waals surface area contributed by atoms with E-state index in [-0.39, 0.29) is 17.9 Å². The zero-order valence-electron chi connectivity index (χ0n) is 12.7. The smallest absolute Gasteiger partial charge is 0.248 e. The minimum atomic E-state index is 0.0340. The molecule has 0 aliphatic carbocycles. The average Bonchev–Trinajstić information content (AvgIpc) is 3.11. The normalized spacial score (nSPS) is 19.1. The fourth-order valence-electron chi connectivity index (χ4n) is 3.69. The Morgan fingerprint density at radius 2 is 2.09 bits per heavy atom. The Labute approximate surface area is 139 Å². The Hall–Kier alpha value is -1.85. The van der Waals surface area contributed by atoms with Crippen molar-refractivity contribution >= 4 is 23.2 Å². The highest BCUT2D eigenvalue weighted by atomic mass is 35.5. The van der Waals surface area contributed by atoms with Crippen molar-refractivity contribution < 1.29 is 9.53 Å². The standard InChI is InChI=1S/C17H18ClN3O2/c18-13-9-19-20(10-13)11-16(22)21-12-17(5-7-23-8-6-17)14-3-1-2-4-15(14)21/h1-4,9-10H,5-8,11-12H2. The molecule has 0 saturated carbocycles. The second-order valence-corrected chi connectivity index (χ2v) is 6.68. The average molecular weight is 332 g/mol. The van der Waals surface area contributed by atoms with Crippen molar-refractivity contribution in [2.24, 2.45) is 0 Å². The van der Waals surface area contributed by atoms with Crippen LogP contribution < -0.4 is 4.90 Å². The summed E-state index contributed by atoms with van der Waals surface area (Å²) >= 11 is 5.88. The highest BCUT2D eigenvalue weighted by Crippen LogP contribution is 2.46. The third-order valence-electron chi connectivity index (χ3n) is 4.88. The van der Waals surface area contributed by atoms with Gasteiger partial charge in [-0.1, -0.05) is 29.8 Å². The van der Waals surface area contributed by atoms with Gasteiger partial charge in [0.15, 0.2) is 0 Å². The van der Waals surface area contributed by atoms with Crippen molar-refractivity contribution in [1.82, 2.24) is 9.78 Å². The lowest BCUT2D eigenvalue weighted by Crippen LogP contribution is -2.41. The maximum absolute atomic E-state index is 12.8. The zero-order chi connectivity index (χ0) is 15.9. The van der Waals surface area contributed by atoms with Crippen LogP contribution in [-0.2, 0) is 21.5 Å². The molecular weight excluding hydrogens is 314 g/mol. The third-order valence-corrected chi connectivity index (χ3v) is 5.07. The van der Waals surface area contributed by atoms with E-state index in [0.29, 0.717) is 5.02 Å². The van der Waals surface area contributed by atoms with Crippen LogP contribution in [-0.4, -0.2) is 35.4 Å². The fraction of sp³-hybridized carbons (Fsp3) is 0.412. The molecule has 5 nitrogen and oxygen atoms in total. The van der Waals surface area contributed by atoms with E-state index in [1.807, 2.05) is 17.0 Å². The molecule has 1 aromatic carbocycles. The molecule has 1 aromatic heterocycles. The van der Waals surface area contributed by atoms with E-state index >= 15 is 0 Å². The number of halogens is 1. The lowest BCUT2D eigenvalue weighted by Gasteiger charge is -2.34. The largest absolute Gasteiger partial charge is 0.381 e. The van der Waals surface area contributed by atoms with E-state index in [0.717, 1.165) is 38.3 Å². The van der Waals surface area contributed by atoms with Crippen molar-refractivity contribution in [3.8, 4) is 0 Å². The van der Waals surface area contributed by atoms with Gasteiger partial charge in [0, 0.05) is 37.1 Å². The molecule has 2 aliphatic heterocycles. The van der Waals surface area contributed by atoms with Crippen LogP contribution in [0.5, 0.6) is 0 Å². The number of nitrogens with zero attached hydrogens (tertiary/aromatic N) is 3. The van der Waals surface area contributed by atoms with Gasteiger partial charge in [-0.3, -0.25) is 9.48 Å². The predicted octanol–water partition coefficient (Wildman–Crippen LogP) is 2.63. The van der Waals surface area contributed by atoms with Crippen LogP contribution in [0.4, 0.5) is 5.69 Å². The van der Waals surface area contributed by atoms with Crippen molar-refractivity contribution in [2.45, 2.75) is 24.8 Å². The van der Waals surface area contributed by atoms with Gasteiger partial charge in [0.05, 0.1) is 11.2 Å². The van der Waals surface area contributed by atoms with Gasteiger partial charge in [-0.2, -0.15) is 5.10 Å². The van der Waals surface area contributed by atoms with Crippen molar-refractivity contribution in [2.75, 3.05) is 24.7 Å². The maximum Gasteiger partial charge on any atom is 0.248 e. The van der Waals surface area contributed by atoms with Gasteiger partial charge in [-0.25, -0.2) is 0 Å². The van der Waals surface area contributed by atoms with E-state index in [1.54, 1.807) is 17.1 Å². The summed E-state index contributed by atoms with van der Waals surface area (Å²) in [4.78, 5) is 14.7. The zero-order valence-corrected chi connectivity index (χ0v) is 13.5. The van der Waals surface area contributed by atoms with Crippen LogP contribution in [0.15, 0.2) is 36.7 Å². The number of hydrogen-bond acceptors (Lipinski definition) is 3. The summed E-state index contributed by atoms with van der Waals surface area (Å²) < 4.78 is 7.12. The Balaban J connectivity index is 1.63. The molecule has 0 atom stereocenters. The van der Waals surface area contributed by atoms with Crippen LogP contribution in [0.3, 0.4) is 0 Å². The molecule has 6 heteroatoms. The first-order valence-corrected chi connectivity index (χ1v) is 8.21. The second kappa shape index (κ2) is 5.65. The summed E-state index contributed by atoms with van der Waals surface area (Å²) in [5.74, 6) is 0.0422. The number of carbonyl (C=O) groups excluding carboxylic acids is 1. The summed E-state index contributed by atoms with van der Waals surface area (Å²) in [6, 6.07) is 8.23. The number of aromatic nitrogens is 2.